The van der Waals surface area contributed by atoms with Crippen molar-refractivity contribution in [2.75, 3.05) is 6.16 Å². The Morgan fingerprint density at radius 3 is 1.69 bits per heavy atom. The molecule has 1 unspecified atom stereocenters. The van der Waals surface area contributed by atoms with Crippen LogP contribution < -0.4 is 0 Å². The van der Waals surface area contributed by atoms with E-state index in [2.05, 4.69) is 12.1 Å². The number of esters is 2. The van der Waals surface area contributed by atoms with E-state index in [0.717, 1.165) is 29.5 Å². The van der Waals surface area contributed by atoms with Gasteiger partial charge in [-0.25, -0.2) is 9.59 Å². The van der Waals surface area contributed by atoms with Crippen molar-refractivity contribution in [2.24, 2.45) is 0 Å². The molecule has 0 saturated heterocycles. The SMILES string of the molecule is C[C@H](O[P+](=O)CCCCc1ccccc1)C(=O)O[C@@H](Cc1ccccc1)C(=O)OC(c1ccccc1)c1ccccc1. The molecule has 0 bridgehead atoms. The molecule has 0 N–H and O–H groups in total. The van der Waals surface area contributed by atoms with E-state index in [0.29, 0.717) is 12.6 Å². The molecule has 0 spiro atoms. The van der Waals surface area contributed by atoms with Gasteiger partial charge in [-0.3, -0.25) is 0 Å². The van der Waals surface area contributed by atoms with Gasteiger partial charge in [0, 0.05) is 6.42 Å². The molecular formula is C35H36O6P+. The van der Waals surface area contributed by atoms with Crippen LogP contribution in [0, 0.1) is 0 Å². The zero-order valence-corrected chi connectivity index (χ0v) is 24.6. The average molecular weight is 584 g/mol. The minimum absolute atomic E-state index is 0.125. The lowest BCUT2D eigenvalue weighted by molar-refractivity contribution is -0.173. The first-order valence-electron chi connectivity index (χ1n) is 14.2. The maximum absolute atomic E-state index is 13.6. The fourth-order valence-electron chi connectivity index (χ4n) is 4.50. The van der Waals surface area contributed by atoms with Gasteiger partial charge >= 0.3 is 20.0 Å². The van der Waals surface area contributed by atoms with Crippen LogP contribution in [0.25, 0.3) is 0 Å². The first-order chi connectivity index (χ1) is 20.5. The smallest absolute Gasteiger partial charge is 0.450 e. The summed E-state index contributed by atoms with van der Waals surface area (Å²) in [6.45, 7) is 1.49. The highest BCUT2D eigenvalue weighted by Gasteiger charge is 2.34. The van der Waals surface area contributed by atoms with Crippen LogP contribution in [0.1, 0.15) is 48.1 Å². The first kappa shape index (κ1) is 30.8. The van der Waals surface area contributed by atoms with Crippen molar-refractivity contribution in [1.82, 2.24) is 0 Å². The van der Waals surface area contributed by atoms with Crippen LogP contribution in [0.5, 0.6) is 0 Å². The second-order valence-electron chi connectivity index (χ2n) is 10.0. The van der Waals surface area contributed by atoms with Crippen LogP contribution in [0.3, 0.4) is 0 Å². The minimum Gasteiger partial charge on any atom is -0.450 e. The number of unbranched alkanes of at least 4 members (excludes halogenated alkanes) is 1. The third-order valence-electron chi connectivity index (χ3n) is 6.73. The largest absolute Gasteiger partial charge is 0.508 e. The highest BCUT2D eigenvalue weighted by Crippen LogP contribution is 2.29. The number of rotatable bonds is 15. The maximum Gasteiger partial charge on any atom is 0.508 e. The fraction of sp³-hybridized carbons (Fsp3) is 0.257. The summed E-state index contributed by atoms with van der Waals surface area (Å²) in [5, 5.41) is 0. The Balaban J connectivity index is 1.39. The summed E-state index contributed by atoms with van der Waals surface area (Å²) >= 11 is 0. The van der Waals surface area contributed by atoms with E-state index < -0.39 is 38.3 Å². The normalized spacial score (nSPS) is 12.8. The van der Waals surface area contributed by atoms with Crippen LogP contribution in [0.4, 0.5) is 0 Å². The predicted octanol–water partition coefficient (Wildman–Crippen LogP) is 7.64. The molecule has 4 rings (SSSR count). The molecule has 0 aromatic heterocycles. The van der Waals surface area contributed by atoms with Crippen molar-refractivity contribution in [3.05, 3.63) is 144 Å². The second-order valence-corrected chi connectivity index (χ2v) is 11.3. The highest BCUT2D eigenvalue weighted by molar-refractivity contribution is 7.39. The summed E-state index contributed by atoms with van der Waals surface area (Å²) in [6, 6.07) is 38.2. The van der Waals surface area contributed by atoms with Gasteiger partial charge in [0.1, 0.15) is 0 Å². The molecule has 0 amide bonds. The Hall–Kier alpha value is -4.12. The van der Waals surface area contributed by atoms with Crippen molar-refractivity contribution in [3.8, 4) is 0 Å². The number of benzene rings is 4. The van der Waals surface area contributed by atoms with Crippen molar-refractivity contribution >= 4 is 20.0 Å². The molecule has 0 heterocycles. The Kier molecular flexibility index (Phi) is 12.0. The first-order valence-corrected chi connectivity index (χ1v) is 15.6. The Bertz CT molecular complexity index is 1360. The van der Waals surface area contributed by atoms with Gasteiger partial charge in [-0.1, -0.05) is 121 Å². The molecule has 0 aliphatic heterocycles. The van der Waals surface area contributed by atoms with Gasteiger partial charge in [0.05, 0.1) is 0 Å². The molecule has 4 aromatic carbocycles. The predicted molar refractivity (Wildman–Crippen MR) is 163 cm³/mol. The molecule has 6 nitrogen and oxygen atoms in total. The second kappa shape index (κ2) is 16.4. The minimum atomic E-state index is -2.06. The summed E-state index contributed by atoms with van der Waals surface area (Å²) in [4.78, 5) is 26.6. The van der Waals surface area contributed by atoms with E-state index in [1.165, 1.54) is 12.5 Å². The average Bonchev–Trinajstić information content (AvgIpc) is 3.03. The van der Waals surface area contributed by atoms with Crippen molar-refractivity contribution in [2.45, 2.75) is 50.9 Å². The number of hydrogen-bond acceptors (Lipinski definition) is 6. The number of carbonyl (C=O) groups excluding carboxylic acids is 2. The van der Waals surface area contributed by atoms with E-state index in [9.17, 15) is 14.2 Å². The summed E-state index contributed by atoms with van der Waals surface area (Å²) in [7, 11) is -2.06. The molecule has 4 aromatic rings. The lowest BCUT2D eigenvalue weighted by atomic mass is 10.0. The van der Waals surface area contributed by atoms with Crippen molar-refractivity contribution < 1.29 is 28.2 Å². The summed E-state index contributed by atoms with van der Waals surface area (Å²) in [5.74, 6) is -1.45. The lowest BCUT2D eigenvalue weighted by Gasteiger charge is -2.23. The summed E-state index contributed by atoms with van der Waals surface area (Å²) in [6.07, 6.45) is -0.0890. The number of aryl methyl sites for hydroxylation is 1. The van der Waals surface area contributed by atoms with Gasteiger partial charge < -0.3 is 9.47 Å². The van der Waals surface area contributed by atoms with Gasteiger partial charge in [-0.15, -0.1) is 4.52 Å². The molecule has 0 aliphatic carbocycles. The van der Waals surface area contributed by atoms with Crippen molar-refractivity contribution in [3.63, 3.8) is 0 Å². The zero-order chi connectivity index (χ0) is 29.6. The highest BCUT2D eigenvalue weighted by atomic mass is 31.1. The summed E-state index contributed by atoms with van der Waals surface area (Å²) in [5.41, 5.74) is 3.62. The molecule has 216 valence electrons. The van der Waals surface area contributed by atoms with Gasteiger partial charge in [0.2, 0.25) is 12.2 Å². The Morgan fingerprint density at radius 2 is 1.14 bits per heavy atom. The quantitative estimate of drug-likeness (QED) is 0.0813. The lowest BCUT2D eigenvalue weighted by Crippen LogP contribution is -2.35. The third kappa shape index (κ3) is 9.76. The van der Waals surface area contributed by atoms with Gasteiger partial charge in [0.25, 0.3) is 0 Å². The molecule has 3 atom stereocenters. The van der Waals surface area contributed by atoms with Gasteiger partial charge in [-0.2, -0.15) is 0 Å². The number of hydrogen-bond donors (Lipinski definition) is 0. The molecular weight excluding hydrogens is 547 g/mol. The summed E-state index contributed by atoms with van der Waals surface area (Å²) < 4.78 is 29.7. The van der Waals surface area contributed by atoms with Crippen LogP contribution in [0.15, 0.2) is 121 Å². The van der Waals surface area contributed by atoms with E-state index in [1.54, 1.807) is 0 Å². The van der Waals surface area contributed by atoms with Crippen LogP contribution in [-0.2, 0) is 41.0 Å². The van der Waals surface area contributed by atoms with Gasteiger partial charge in [-0.05, 0) is 53.0 Å². The number of ether oxygens (including phenoxy) is 2. The standard InChI is InChI=1S/C35H36O6P/c1-27(41-42(38)25-15-14-18-28-16-6-2-7-17-28)34(36)39-32(26-29-19-8-3-9-20-29)35(37)40-33(30-21-10-4-11-22-30)31-23-12-5-13-24-31/h2-13,16-17,19-24,27,32-33H,14-15,18,25-26H2,1H3/q+1/t27-,32-/m0/s1. The molecule has 0 saturated carbocycles. The monoisotopic (exact) mass is 583 g/mol. The van der Waals surface area contributed by atoms with Crippen molar-refractivity contribution in [1.29, 1.82) is 0 Å². The van der Waals surface area contributed by atoms with Crippen LogP contribution >= 0.6 is 8.03 Å². The van der Waals surface area contributed by atoms with E-state index in [4.69, 9.17) is 14.0 Å². The molecule has 0 aliphatic rings. The van der Waals surface area contributed by atoms with Crippen LogP contribution in [0.2, 0.25) is 0 Å². The number of carbonyl (C=O) groups is 2. The third-order valence-corrected chi connectivity index (χ3v) is 7.96. The van der Waals surface area contributed by atoms with Gasteiger partial charge in [0.15, 0.2) is 12.3 Å². The topological polar surface area (TPSA) is 78.9 Å². The van der Waals surface area contributed by atoms with E-state index in [1.807, 2.05) is 109 Å². The molecule has 42 heavy (non-hydrogen) atoms. The zero-order valence-electron chi connectivity index (χ0n) is 23.7. The maximum atomic E-state index is 13.6. The molecule has 0 radical (unpaired) electrons. The molecule has 7 heteroatoms. The van der Waals surface area contributed by atoms with E-state index in [-0.39, 0.29) is 6.42 Å². The van der Waals surface area contributed by atoms with Crippen LogP contribution in [-0.4, -0.2) is 30.3 Å². The Morgan fingerprint density at radius 1 is 0.643 bits per heavy atom. The Labute approximate surface area is 248 Å². The van der Waals surface area contributed by atoms with E-state index >= 15 is 0 Å². The fourth-order valence-corrected chi connectivity index (χ4v) is 5.53. The molecule has 0 fully saturated rings.